The van der Waals surface area contributed by atoms with Crippen molar-refractivity contribution in [3.8, 4) is 0 Å². The molecule has 1 heterocycles. The Balaban J connectivity index is 2.17. The molecule has 17 heavy (non-hydrogen) atoms. The number of aromatic nitrogens is 2. The van der Waals surface area contributed by atoms with E-state index in [1.54, 1.807) is 18.2 Å². The summed E-state index contributed by atoms with van der Waals surface area (Å²) in [6.45, 7) is 1.88. The number of aryl methyl sites for hydroxylation is 1. The maximum atomic E-state index is 10.1. The van der Waals surface area contributed by atoms with E-state index < -0.39 is 6.10 Å². The fraction of sp³-hybridized carbons (Fsp3) is 0.273. The lowest BCUT2D eigenvalue weighted by atomic mass is 10.1. The molecule has 1 N–H and O–H groups in total. The highest BCUT2D eigenvalue weighted by Crippen LogP contribution is 2.28. The van der Waals surface area contributed by atoms with Crippen LogP contribution in [0.1, 0.15) is 21.7 Å². The van der Waals surface area contributed by atoms with Crippen LogP contribution in [0.25, 0.3) is 0 Å². The summed E-state index contributed by atoms with van der Waals surface area (Å²) in [7, 11) is 0. The smallest absolute Gasteiger partial charge is 0.120 e. The zero-order valence-corrected chi connectivity index (χ0v) is 11.4. The van der Waals surface area contributed by atoms with Gasteiger partial charge in [0.2, 0.25) is 0 Å². The summed E-state index contributed by atoms with van der Waals surface area (Å²) in [4.78, 5) is 0. The van der Waals surface area contributed by atoms with Gasteiger partial charge in [0, 0.05) is 16.5 Å². The van der Waals surface area contributed by atoms with Crippen LogP contribution in [0.5, 0.6) is 0 Å². The monoisotopic (exact) mass is 288 g/mol. The minimum Gasteiger partial charge on any atom is -0.388 e. The lowest BCUT2D eigenvalue weighted by molar-refractivity contribution is 0.178. The van der Waals surface area contributed by atoms with Crippen molar-refractivity contribution in [2.75, 3.05) is 0 Å². The van der Waals surface area contributed by atoms with Crippen molar-refractivity contribution in [2.24, 2.45) is 0 Å². The number of hydrogen-bond acceptors (Lipinski definition) is 4. The van der Waals surface area contributed by atoms with Gasteiger partial charge in [0.1, 0.15) is 10.0 Å². The van der Waals surface area contributed by atoms with Gasteiger partial charge in [-0.3, -0.25) is 0 Å². The molecule has 0 amide bonds. The standard InChI is InChI=1S/C11H10Cl2N2OS/c1-6-14-15-11(17-6)5-10(16)8-3-2-7(12)4-9(8)13/h2-4,10,16H,5H2,1H3. The topological polar surface area (TPSA) is 46.0 Å². The molecule has 0 saturated carbocycles. The fourth-order valence-electron chi connectivity index (χ4n) is 1.47. The Morgan fingerprint density at radius 3 is 2.71 bits per heavy atom. The van der Waals surface area contributed by atoms with E-state index in [0.717, 1.165) is 10.0 Å². The third-order valence-electron chi connectivity index (χ3n) is 2.26. The molecule has 0 spiro atoms. The van der Waals surface area contributed by atoms with E-state index in [1.807, 2.05) is 6.92 Å². The van der Waals surface area contributed by atoms with Gasteiger partial charge in [0.25, 0.3) is 0 Å². The number of hydrogen-bond donors (Lipinski definition) is 1. The van der Waals surface area contributed by atoms with Crippen LogP contribution in [0.4, 0.5) is 0 Å². The average molecular weight is 289 g/mol. The molecule has 0 aliphatic carbocycles. The Labute approximate surface area is 113 Å². The first kappa shape index (κ1) is 12.8. The van der Waals surface area contributed by atoms with Gasteiger partial charge in [0.15, 0.2) is 0 Å². The SMILES string of the molecule is Cc1nnc(CC(O)c2ccc(Cl)cc2Cl)s1. The molecule has 90 valence electrons. The number of nitrogens with zero attached hydrogens (tertiary/aromatic N) is 2. The molecule has 1 aromatic heterocycles. The van der Waals surface area contributed by atoms with Crippen LogP contribution in [-0.4, -0.2) is 15.3 Å². The molecule has 1 unspecified atom stereocenters. The van der Waals surface area contributed by atoms with Crippen molar-refractivity contribution in [1.82, 2.24) is 10.2 Å². The van der Waals surface area contributed by atoms with E-state index in [-0.39, 0.29) is 0 Å². The van der Waals surface area contributed by atoms with Gasteiger partial charge in [-0.15, -0.1) is 21.5 Å². The van der Waals surface area contributed by atoms with Gasteiger partial charge in [0.05, 0.1) is 6.10 Å². The molecular formula is C11H10Cl2N2OS. The van der Waals surface area contributed by atoms with E-state index in [0.29, 0.717) is 22.0 Å². The summed E-state index contributed by atoms with van der Waals surface area (Å²) in [5.41, 5.74) is 0.656. The second-order valence-corrected chi connectivity index (χ2v) is 5.71. The first-order valence-corrected chi connectivity index (χ1v) is 6.55. The third-order valence-corrected chi connectivity index (χ3v) is 3.68. The molecular weight excluding hydrogens is 279 g/mol. The Morgan fingerprint density at radius 1 is 1.35 bits per heavy atom. The van der Waals surface area contributed by atoms with E-state index in [4.69, 9.17) is 23.2 Å². The van der Waals surface area contributed by atoms with Crippen molar-refractivity contribution in [3.05, 3.63) is 43.8 Å². The maximum Gasteiger partial charge on any atom is 0.120 e. The Bertz CT molecular complexity index is 530. The molecule has 3 nitrogen and oxygen atoms in total. The number of rotatable bonds is 3. The second-order valence-electron chi connectivity index (χ2n) is 3.60. The summed E-state index contributed by atoms with van der Waals surface area (Å²) in [6, 6.07) is 5.05. The molecule has 0 bridgehead atoms. The van der Waals surface area contributed by atoms with Gasteiger partial charge in [-0.1, -0.05) is 29.3 Å². The van der Waals surface area contributed by atoms with E-state index in [1.165, 1.54) is 11.3 Å². The Kier molecular flexibility index (Phi) is 3.99. The van der Waals surface area contributed by atoms with E-state index in [2.05, 4.69) is 10.2 Å². The average Bonchev–Trinajstić information content (AvgIpc) is 2.63. The molecule has 0 radical (unpaired) electrons. The van der Waals surface area contributed by atoms with Gasteiger partial charge < -0.3 is 5.11 Å². The van der Waals surface area contributed by atoms with Crippen molar-refractivity contribution in [2.45, 2.75) is 19.4 Å². The van der Waals surface area contributed by atoms with Crippen molar-refractivity contribution in [1.29, 1.82) is 0 Å². The lowest BCUT2D eigenvalue weighted by Gasteiger charge is -2.10. The van der Waals surface area contributed by atoms with Crippen LogP contribution in [0.15, 0.2) is 18.2 Å². The van der Waals surface area contributed by atoms with Crippen molar-refractivity contribution in [3.63, 3.8) is 0 Å². The van der Waals surface area contributed by atoms with Gasteiger partial charge >= 0.3 is 0 Å². The highest BCUT2D eigenvalue weighted by Gasteiger charge is 2.14. The first-order chi connectivity index (χ1) is 8.06. The highest BCUT2D eigenvalue weighted by atomic mass is 35.5. The molecule has 2 aromatic rings. The lowest BCUT2D eigenvalue weighted by Crippen LogP contribution is -2.02. The largest absolute Gasteiger partial charge is 0.388 e. The summed E-state index contributed by atoms with van der Waals surface area (Å²) in [5.74, 6) is 0. The van der Waals surface area contributed by atoms with Gasteiger partial charge in [-0.2, -0.15) is 0 Å². The Hall–Kier alpha value is -0.680. The third kappa shape index (κ3) is 3.16. The molecule has 0 aliphatic rings. The van der Waals surface area contributed by atoms with Crippen LogP contribution in [0.2, 0.25) is 10.0 Å². The predicted octanol–water partition coefficient (Wildman–Crippen LogP) is 3.43. The van der Waals surface area contributed by atoms with Crippen LogP contribution in [-0.2, 0) is 6.42 Å². The highest BCUT2D eigenvalue weighted by molar-refractivity contribution is 7.11. The molecule has 0 aliphatic heterocycles. The van der Waals surface area contributed by atoms with Crippen molar-refractivity contribution < 1.29 is 5.11 Å². The number of aliphatic hydroxyl groups excluding tert-OH is 1. The molecule has 0 saturated heterocycles. The van der Waals surface area contributed by atoms with Crippen molar-refractivity contribution >= 4 is 34.5 Å². The summed E-state index contributed by atoms with van der Waals surface area (Å²) in [5, 5.41) is 20.6. The fourth-order valence-corrected chi connectivity index (χ4v) is 2.75. The zero-order chi connectivity index (χ0) is 12.4. The van der Waals surface area contributed by atoms with Gasteiger partial charge in [-0.25, -0.2) is 0 Å². The minimum absolute atomic E-state index is 0.410. The summed E-state index contributed by atoms with van der Waals surface area (Å²) >= 11 is 13.3. The molecule has 1 atom stereocenters. The van der Waals surface area contributed by atoms with Crippen LogP contribution in [0.3, 0.4) is 0 Å². The molecule has 2 rings (SSSR count). The number of benzene rings is 1. The summed E-state index contributed by atoms with van der Waals surface area (Å²) in [6.07, 6.45) is -0.278. The predicted molar refractivity (Wildman–Crippen MR) is 69.8 cm³/mol. The minimum atomic E-state index is -0.688. The molecule has 0 fully saturated rings. The molecule has 6 heteroatoms. The molecule has 1 aromatic carbocycles. The van der Waals surface area contributed by atoms with Gasteiger partial charge in [-0.05, 0) is 24.6 Å². The van der Waals surface area contributed by atoms with Crippen LogP contribution in [0, 0.1) is 6.92 Å². The maximum absolute atomic E-state index is 10.1. The normalized spacial score (nSPS) is 12.7. The van der Waals surface area contributed by atoms with Crippen LogP contribution < -0.4 is 0 Å². The van der Waals surface area contributed by atoms with E-state index >= 15 is 0 Å². The quantitative estimate of drug-likeness (QED) is 0.941. The zero-order valence-electron chi connectivity index (χ0n) is 9.02. The summed E-state index contributed by atoms with van der Waals surface area (Å²) < 4.78 is 0. The number of aliphatic hydroxyl groups is 1. The first-order valence-electron chi connectivity index (χ1n) is 4.98. The number of halogens is 2. The second kappa shape index (κ2) is 5.31. The van der Waals surface area contributed by atoms with E-state index in [9.17, 15) is 5.11 Å². The van der Waals surface area contributed by atoms with Crippen LogP contribution >= 0.6 is 34.5 Å². The Morgan fingerprint density at radius 2 is 2.12 bits per heavy atom.